The standard InChI is InChI=1S/C13H14ClNO/c14-11-3-5-12(6-4-11)16-10-13(9-15)7-1-2-8-13/h3-6H,1-2,7-8,10H2. The molecule has 0 amide bonds. The fourth-order valence-corrected chi connectivity index (χ4v) is 2.22. The van der Waals surface area contributed by atoms with Crippen molar-refractivity contribution in [1.29, 1.82) is 5.26 Å². The Morgan fingerprint density at radius 2 is 1.88 bits per heavy atom. The van der Waals surface area contributed by atoms with E-state index in [-0.39, 0.29) is 5.41 Å². The maximum Gasteiger partial charge on any atom is 0.119 e. The Bertz CT molecular complexity index is 387. The third-order valence-electron chi connectivity index (χ3n) is 3.13. The first-order valence-electron chi connectivity index (χ1n) is 5.54. The van der Waals surface area contributed by atoms with Crippen LogP contribution in [-0.4, -0.2) is 6.61 Å². The zero-order chi connectivity index (χ0) is 11.4. The van der Waals surface area contributed by atoms with Gasteiger partial charge in [-0.05, 0) is 37.1 Å². The summed E-state index contributed by atoms with van der Waals surface area (Å²) >= 11 is 5.79. The molecule has 1 aliphatic carbocycles. The lowest BCUT2D eigenvalue weighted by molar-refractivity contribution is 0.201. The maximum absolute atomic E-state index is 9.19. The second kappa shape index (κ2) is 4.76. The largest absolute Gasteiger partial charge is 0.492 e. The van der Waals surface area contributed by atoms with Crippen molar-refractivity contribution >= 4 is 11.6 Å². The summed E-state index contributed by atoms with van der Waals surface area (Å²) in [4.78, 5) is 0. The number of benzene rings is 1. The van der Waals surface area contributed by atoms with Gasteiger partial charge in [0.2, 0.25) is 0 Å². The second-order valence-electron chi connectivity index (χ2n) is 4.34. The molecule has 0 aromatic heterocycles. The zero-order valence-electron chi connectivity index (χ0n) is 9.08. The van der Waals surface area contributed by atoms with E-state index in [0.29, 0.717) is 11.6 Å². The van der Waals surface area contributed by atoms with Crippen molar-refractivity contribution in [3.63, 3.8) is 0 Å². The van der Waals surface area contributed by atoms with E-state index in [1.165, 1.54) is 0 Å². The molecule has 0 N–H and O–H groups in total. The Kier molecular flexibility index (Phi) is 3.36. The first-order valence-corrected chi connectivity index (χ1v) is 5.92. The van der Waals surface area contributed by atoms with Gasteiger partial charge in [0.25, 0.3) is 0 Å². The van der Waals surface area contributed by atoms with Crippen molar-refractivity contribution < 1.29 is 4.74 Å². The molecule has 2 rings (SSSR count). The molecule has 84 valence electrons. The number of ether oxygens (including phenoxy) is 1. The van der Waals surface area contributed by atoms with Gasteiger partial charge in [-0.1, -0.05) is 24.4 Å². The van der Waals surface area contributed by atoms with Gasteiger partial charge in [-0.15, -0.1) is 0 Å². The third-order valence-corrected chi connectivity index (χ3v) is 3.38. The summed E-state index contributed by atoms with van der Waals surface area (Å²) < 4.78 is 5.66. The van der Waals surface area contributed by atoms with Gasteiger partial charge in [0.05, 0.1) is 11.5 Å². The van der Waals surface area contributed by atoms with E-state index in [1.807, 2.05) is 12.1 Å². The van der Waals surface area contributed by atoms with Gasteiger partial charge < -0.3 is 4.74 Å². The fraction of sp³-hybridized carbons (Fsp3) is 0.462. The molecule has 0 radical (unpaired) electrons. The summed E-state index contributed by atoms with van der Waals surface area (Å²) in [7, 11) is 0. The van der Waals surface area contributed by atoms with E-state index in [4.69, 9.17) is 16.3 Å². The Morgan fingerprint density at radius 1 is 1.25 bits per heavy atom. The number of rotatable bonds is 3. The molecule has 0 spiro atoms. The van der Waals surface area contributed by atoms with Crippen molar-refractivity contribution in [2.75, 3.05) is 6.61 Å². The van der Waals surface area contributed by atoms with Gasteiger partial charge in [0.1, 0.15) is 12.4 Å². The van der Waals surface area contributed by atoms with Crippen molar-refractivity contribution in [3.8, 4) is 11.8 Å². The van der Waals surface area contributed by atoms with Gasteiger partial charge in [-0.25, -0.2) is 0 Å². The van der Waals surface area contributed by atoms with Crippen LogP contribution in [0.3, 0.4) is 0 Å². The van der Waals surface area contributed by atoms with Gasteiger partial charge in [-0.2, -0.15) is 5.26 Å². The van der Waals surface area contributed by atoms with Crippen LogP contribution in [0.25, 0.3) is 0 Å². The smallest absolute Gasteiger partial charge is 0.119 e. The van der Waals surface area contributed by atoms with Gasteiger partial charge in [0.15, 0.2) is 0 Å². The van der Waals surface area contributed by atoms with E-state index in [0.717, 1.165) is 31.4 Å². The molecule has 0 bridgehead atoms. The molecule has 1 fully saturated rings. The van der Waals surface area contributed by atoms with E-state index >= 15 is 0 Å². The molecule has 2 nitrogen and oxygen atoms in total. The highest BCUT2D eigenvalue weighted by Gasteiger charge is 2.34. The average Bonchev–Trinajstić information content (AvgIpc) is 2.78. The van der Waals surface area contributed by atoms with Crippen LogP contribution in [0.5, 0.6) is 5.75 Å². The molecule has 0 heterocycles. The second-order valence-corrected chi connectivity index (χ2v) is 4.78. The Balaban J connectivity index is 1.96. The first-order chi connectivity index (χ1) is 7.74. The predicted octanol–water partition coefficient (Wildman–Crippen LogP) is 3.80. The van der Waals surface area contributed by atoms with E-state index in [9.17, 15) is 5.26 Å². The summed E-state index contributed by atoms with van der Waals surface area (Å²) in [5.41, 5.74) is -0.264. The minimum Gasteiger partial charge on any atom is -0.492 e. The molecule has 0 saturated heterocycles. The number of nitrogens with zero attached hydrogens (tertiary/aromatic N) is 1. The minimum absolute atomic E-state index is 0.264. The Hall–Kier alpha value is -1.20. The molecule has 0 aliphatic heterocycles. The number of hydrogen-bond acceptors (Lipinski definition) is 2. The highest BCUT2D eigenvalue weighted by Crippen LogP contribution is 2.37. The third kappa shape index (κ3) is 2.48. The predicted molar refractivity (Wildman–Crippen MR) is 63.5 cm³/mol. The summed E-state index contributed by atoms with van der Waals surface area (Å²) in [5.74, 6) is 0.783. The first kappa shape index (κ1) is 11.3. The topological polar surface area (TPSA) is 33.0 Å². The van der Waals surface area contributed by atoms with Crippen LogP contribution in [0.4, 0.5) is 0 Å². The van der Waals surface area contributed by atoms with Crippen LogP contribution in [0.2, 0.25) is 5.02 Å². The lowest BCUT2D eigenvalue weighted by Crippen LogP contribution is -2.23. The van der Waals surface area contributed by atoms with Crippen molar-refractivity contribution in [2.45, 2.75) is 25.7 Å². The monoisotopic (exact) mass is 235 g/mol. The number of hydrogen-bond donors (Lipinski definition) is 0. The van der Waals surface area contributed by atoms with Crippen LogP contribution in [0.15, 0.2) is 24.3 Å². The van der Waals surface area contributed by atoms with Crippen molar-refractivity contribution in [1.82, 2.24) is 0 Å². The van der Waals surface area contributed by atoms with E-state index < -0.39 is 0 Å². The molecule has 1 aliphatic rings. The summed E-state index contributed by atoms with van der Waals surface area (Å²) in [6.07, 6.45) is 4.18. The fourth-order valence-electron chi connectivity index (χ4n) is 2.09. The van der Waals surface area contributed by atoms with Crippen LogP contribution < -0.4 is 4.74 Å². The lowest BCUT2D eigenvalue weighted by Gasteiger charge is -2.20. The maximum atomic E-state index is 9.19. The normalized spacial score (nSPS) is 18.0. The highest BCUT2D eigenvalue weighted by atomic mass is 35.5. The molecule has 3 heteroatoms. The molecular weight excluding hydrogens is 222 g/mol. The Labute approximate surface area is 101 Å². The quantitative estimate of drug-likeness (QED) is 0.798. The van der Waals surface area contributed by atoms with Crippen molar-refractivity contribution in [2.24, 2.45) is 5.41 Å². The molecule has 0 unspecified atom stereocenters. The van der Waals surface area contributed by atoms with Gasteiger partial charge >= 0.3 is 0 Å². The highest BCUT2D eigenvalue weighted by molar-refractivity contribution is 6.30. The lowest BCUT2D eigenvalue weighted by atomic mass is 9.89. The average molecular weight is 236 g/mol. The molecule has 16 heavy (non-hydrogen) atoms. The van der Waals surface area contributed by atoms with E-state index in [2.05, 4.69) is 6.07 Å². The van der Waals surface area contributed by atoms with E-state index in [1.54, 1.807) is 12.1 Å². The number of halogens is 1. The van der Waals surface area contributed by atoms with Crippen LogP contribution in [0.1, 0.15) is 25.7 Å². The van der Waals surface area contributed by atoms with Crippen LogP contribution in [0, 0.1) is 16.7 Å². The van der Waals surface area contributed by atoms with Crippen LogP contribution >= 0.6 is 11.6 Å². The Morgan fingerprint density at radius 3 is 2.44 bits per heavy atom. The number of nitriles is 1. The van der Waals surface area contributed by atoms with Crippen molar-refractivity contribution in [3.05, 3.63) is 29.3 Å². The zero-order valence-corrected chi connectivity index (χ0v) is 9.83. The SMILES string of the molecule is N#CC1(COc2ccc(Cl)cc2)CCCC1. The minimum atomic E-state index is -0.264. The van der Waals surface area contributed by atoms with Gasteiger partial charge in [0, 0.05) is 5.02 Å². The van der Waals surface area contributed by atoms with Crippen LogP contribution in [-0.2, 0) is 0 Å². The molecule has 1 saturated carbocycles. The summed E-state index contributed by atoms with van der Waals surface area (Å²) in [6.45, 7) is 0.491. The van der Waals surface area contributed by atoms with Gasteiger partial charge in [-0.3, -0.25) is 0 Å². The molecule has 1 aromatic rings. The summed E-state index contributed by atoms with van der Waals surface area (Å²) in [5, 5.41) is 9.88. The summed E-state index contributed by atoms with van der Waals surface area (Å²) in [6, 6.07) is 9.67. The molecule has 1 aromatic carbocycles. The molecular formula is C13H14ClNO. The molecule has 0 atom stereocenters.